The molecule has 4 heterocycles. The number of rotatable bonds is 5. The van der Waals surface area contributed by atoms with Gasteiger partial charge in [-0.2, -0.15) is 0 Å². The highest BCUT2D eigenvalue weighted by atomic mass is 16.3. The van der Waals surface area contributed by atoms with Gasteiger partial charge in [-0.25, -0.2) is 0 Å². The summed E-state index contributed by atoms with van der Waals surface area (Å²) in [5.41, 5.74) is 2.06. The van der Waals surface area contributed by atoms with Crippen molar-refractivity contribution in [3.8, 4) is 11.3 Å². The third-order valence-corrected chi connectivity index (χ3v) is 5.35. The molecule has 0 saturated carbocycles. The number of hydrogen-bond acceptors (Lipinski definition) is 4. The van der Waals surface area contributed by atoms with E-state index < -0.39 is 0 Å². The molecule has 2 bridgehead atoms. The molecule has 5 rings (SSSR count). The number of nitrogens with zero attached hydrogens (tertiary/aromatic N) is 1. The molecule has 5 heteroatoms. The highest BCUT2D eigenvalue weighted by Crippen LogP contribution is 2.28. The molecule has 3 aliphatic rings. The Hall–Kier alpha value is -2.27. The van der Waals surface area contributed by atoms with Crippen LogP contribution in [0.2, 0.25) is 0 Å². The molecular formula is C20H25N3O2. The molecule has 0 radical (unpaired) electrons. The second-order valence-electron chi connectivity index (χ2n) is 6.99. The van der Waals surface area contributed by atoms with Gasteiger partial charge in [-0.05, 0) is 75.2 Å². The van der Waals surface area contributed by atoms with Gasteiger partial charge in [0, 0.05) is 30.4 Å². The Kier molecular flexibility index (Phi) is 4.49. The zero-order valence-corrected chi connectivity index (χ0v) is 14.6. The summed E-state index contributed by atoms with van der Waals surface area (Å²) in [6.45, 7) is 6.27. The SMILES string of the molecule is CCNc1ccc(-c2ccc(C(=O)NC3CN4CCC3CC4)o2)cc1. The number of carbonyl (C=O) groups is 1. The number of benzene rings is 1. The third-order valence-electron chi connectivity index (χ3n) is 5.35. The summed E-state index contributed by atoms with van der Waals surface area (Å²) in [6.07, 6.45) is 2.37. The lowest BCUT2D eigenvalue weighted by molar-refractivity contribution is 0.0606. The fraction of sp³-hybridized carbons (Fsp3) is 0.450. The molecule has 1 unspecified atom stereocenters. The number of hydrogen-bond donors (Lipinski definition) is 2. The molecule has 0 aliphatic carbocycles. The quantitative estimate of drug-likeness (QED) is 0.878. The minimum Gasteiger partial charge on any atom is -0.451 e. The van der Waals surface area contributed by atoms with Crippen LogP contribution in [0.1, 0.15) is 30.3 Å². The average Bonchev–Trinajstić information content (AvgIpc) is 3.14. The Labute approximate surface area is 148 Å². The van der Waals surface area contributed by atoms with Crippen molar-refractivity contribution >= 4 is 11.6 Å². The first kappa shape index (κ1) is 16.2. The lowest BCUT2D eigenvalue weighted by Crippen LogP contribution is -2.57. The molecule has 2 N–H and O–H groups in total. The van der Waals surface area contributed by atoms with Crippen LogP contribution in [0, 0.1) is 5.92 Å². The van der Waals surface area contributed by atoms with Gasteiger partial charge in [0.25, 0.3) is 5.91 Å². The first-order valence-corrected chi connectivity index (χ1v) is 9.20. The minimum atomic E-state index is -0.103. The Morgan fingerprint density at radius 1 is 1.16 bits per heavy atom. The van der Waals surface area contributed by atoms with E-state index in [2.05, 4.69) is 22.5 Å². The zero-order chi connectivity index (χ0) is 17.2. The Morgan fingerprint density at radius 2 is 1.92 bits per heavy atom. The highest BCUT2D eigenvalue weighted by Gasteiger charge is 2.35. The van der Waals surface area contributed by atoms with E-state index in [4.69, 9.17) is 4.42 Å². The number of amides is 1. The van der Waals surface area contributed by atoms with Crippen LogP contribution in [0.25, 0.3) is 11.3 Å². The lowest BCUT2D eigenvalue weighted by atomic mass is 9.84. The molecule has 1 amide bonds. The van der Waals surface area contributed by atoms with Gasteiger partial charge in [0.05, 0.1) is 0 Å². The van der Waals surface area contributed by atoms with Crippen molar-refractivity contribution in [2.45, 2.75) is 25.8 Å². The first-order chi connectivity index (χ1) is 12.2. The summed E-state index contributed by atoms with van der Waals surface area (Å²) in [6, 6.07) is 11.9. The van der Waals surface area contributed by atoms with E-state index in [1.54, 1.807) is 6.07 Å². The smallest absolute Gasteiger partial charge is 0.287 e. The third kappa shape index (κ3) is 3.42. The van der Waals surface area contributed by atoms with Crippen molar-refractivity contribution in [2.24, 2.45) is 5.92 Å². The van der Waals surface area contributed by atoms with Gasteiger partial charge in [0.15, 0.2) is 5.76 Å². The van der Waals surface area contributed by atoms with Gasteiger partial charge in [-0.3, -0.25) is 4.79 Å². The predicted molar refractivity (Wildman–Crippen MR) is 98.7 cm³/mol. The molecule has 0 spiro atoms. The topological polar surface area (TPSA) is 57.5 Å². The van der Waals surface area contributed by atoms with Crippen LogP contribution in [-0.4, -0.2) is 43.0 Å². The second kappa shape index (κ2) is 6.92. The molecule has 3 saturated heterocycles. The Balaban J connectivity index is 1.42. The first-order valence-electron chi connectivity index (χ1n) is 9.20. The molecule has 5 nitrogen and oxygen atoms in total. The monoisotopic (exact) mass is 339 g/mol. The molecule has 1 aromatic heterocycles. The summed E-state index contributed by atoms with van der Waals surface area (Å²) in [5.74, 6) is 1.63. The van der Waals surface area contributed by atoms with E-state index in [1.807, 2.05) is 30.3 Å². The summed E-state index contributed by atoms with van der Waals surface area (Å²) < 4.78 is 5.81. The number of fused-ring (bicyclic) bond motifs is 3. The van der Waals surface area contributed by atoms with Crippen LogP contribution < -0.4 is 10.6 Å². The molecule has 1 aromatic carbocycles. The van der Waals surface area contributed by atoms with E-state index in [1.165, 1.54) is 25.9 Å². The number of anilines is 1. The summed E-state index contributed by atoms with van der Waals surface area (Å²) in [4.78, 5) is 15.0. The fourth-order valence-corrected chi connectivity index (χ4v) is 3.94. The number of nitrogens with one attached hydrogen (secondary N) is 2. The van der Waals surface area contributed by atoms with Crippen molar-refractivity contribution in [2.75, 3.05) is 31.5 Å². The zero-order valence-electron chi connectivity index (χ0n) is 14.6. The van der Waals surface area contributed by atoms with E-state index in [-0.39, 0.29) is 11.9 Å². The molecule has 25 heavy (non-hydrogen) atoms. The van der Waals surface area contributed by atoms with Crippen LogP contribution in [0.15, 0.2) is 40.8 Å². The van der Waals surface area contributed by atoms with E-state index in [9.17, 15) is 4.79 Å². The molecule has 3 fully saturated rings. The number of carbonyl (C=O) groups excluding carboxylic acids is 1. The predicted octanol–water partition coefficient (Wildman–Crippen LogP) is 3.20. The maximum atomic E-state index is 12.5. The van der Waals surface area contributed by atoms with Gasteiger partial charge >= 0.3 is 0 Å². The maximum Gasteiger partial charge on any atom is 0.287 e. The number of furan rings is 1. The van der Waals surface area contributed by atoms with Crippen molar-refractivity contribution in [1.29, 1.82) is 0 Å². The largest absolute Gasteiger partial charge is 0.451 e. The van der Waals surface area contributed by atoms with Crippen LogP contribution >= 0.6 is 0 Å². The van der Waals surface area contributed by atoms with E-state index in [0.717, 1.165) is 30.1 Å². The standard InChI is InChI=1S/C20H25N3O2/c1-2-21-16-5-3-15(4-6-16)18-7-8-19(25-18)20(24)22-17-13-23-11-9-14(17)10-12-23/h3-8,14,17,21H,2,9-13H2,1H3,(H,22,24). The van der Waals surface area contributed by atoms with Gasteiger partial charge in [0.1, 0.15) is 5.76 Å². The molecule has 1 atom stereocenters. The Morgan fingerprint density at radius 3 is 2.56 bits per heavy atom. The van der Waals surface area contributed by atoms with Crippen molar-refractivity contribution in [1.82, 2.24) is 10.2 Å². The normalized spacial score (nSPS) is 24.9. The van der Waals surface area contributed by atoms with Gasteiger partial charge < -0.3 is 20.0 Å². The van der Waals surface area contributed by atoms with Gasteiger partial charge in [-0.15, -0.1) is 0 Å². The van der Waals surface area contributed by atoms with Crippen LogP contribution in [-0.2, 0) is 0 Å². The van der Waals surface area contributed by atoms with E-state index in [0.29, 0.717) is 11.7 Å². The number of piperidine rings is 3. The molecule has 2 aromatic rings. The molecular weight excluding hydrogens is 314 g/mol. The fourth-order valence-electron chi connectivity index (χ4n) is 3.94. The summed E-state index contributed by atoms with van der Waals surface area (Å²) in [7, 11) is 0. The van der Waals surface area contributed by atoms with Gasteiger partial charge in [0.2, 0.25) is 0 Å². The lowest BCUT2D eigenvalue weighted by Gasteiger charge is -2.44. The van der Waals surface area contributed by atoms with Crippen LogP contribution in [0.3, 0.4) is 0 Å². The van der Waals surface area contributed by atoms with Crippen LogP contribution in [0.4, 0.5) is 5.69 Å². The average molecular weight is 339 g/mol. The van der Waals surface area contributed by atoms with Crippen molar-refractivity contribution in [3.63, 3.8) is 0 Å². The molecule has 132 valence electrons. The van der Waals surface area contributed by atoms with Crippen molar-refractivity contribution in [3.05, 3.63) is 42.2 Å². The van der Waals surface area contributed by atoms with Crippen molar-refractivity contribution < 1.29 is 9.21 Å². The maximum absolute atomic E-state index is 12.5. The van der Waals surface area contributed by atoms with Gasteiger partial charge in [-0.1, -0.05) is 0 Å². The molecule has 3 aliphatic heterocycles. The Bertz CT molecular complexity index is 730. The summed E-state index contributed by atoms with van der Waals surface area (Å²) in [5, 5.41) is 6.44. The second-order valence-corrected chi connectivity index (χ2v) is 6.99. The summed E-state index contributed by atoms with van der Waals surface area (Å²) >= 11 is 0. The highest BCUT2D eigenvalue weighted by molar-refractivity contribution is 5.92. The van der Waals surface area contributed by atoms with E-state index >= 15 is 0 Å². The minimum absolute atomic E-state index is 0.103. The van der Waals surface area contributed by atoms with Crippen LogP contribution in [0.5, 0.6) is 0 Å².